The number of hydrogen-bond donors (Lipinski definition) is 0. The first-order valence-corrected chi connectivity index (χ1v) is 6.39. The van der Waals surface area contributed by atoms with Crippen molar-refractivity contribution >= 4 is 11.7 Å². The minimum Gasteiger partial charge on any atom is -0.330 e. The molecule has 0 unspecified atom stereocenters. The van der Waals surface area contributed by atoms with E-state index in [1.807, 2.05) is 44.2 Å². The number of rotatable bonds is 2. The SMILES string of the molecule is CC1(C)C(=O)CCCN1C(=O)Cc1ccccc1. The fraction of sp³-hybridized carbons (Fsp3) is 0.467. The van der Waals surface area contributed by atoms with E-state index in [9.17, 15) is 9.59 Å². The van der Waals surface area contributed by atoms with E-state index in [-0.39, 0.29) is 11.7 Å². The van der Waals surface area contributed by atoms with E-state index in [1.165, 1.54) is 0 Å². The third-order valence-corrected chi connectivity index (χ3v) is 3.64. The van der Waals surface area contributed by atoms with E-state index in [4.69, 9.17) is 0 Å². The first-order valence-electron chi connectivity index (χ1n) is 6.39. The number of carbonyl (C=O) groups excluding carboxylic acids is 2. The first kappa shape index (κ1) is 12.8. The molecule has 2 rings (SSSR count). The van der Waals surface area contributed by atoms with Crippen LogP contribution in [0.4, 0.5) is 0 Å². The summed E-state index contributed by atoms with van der Waals surface area (Å²) < 4.78 is 0. The van der Waals surface area contributed by atoms with Crippen molar-refractivity contribution < 1.29 is 9.59 Å². The van der Waals surface area contributed by atoms with E-state index < -0.39 is 5.54 Å². The van der Waals surface area contributed by atoms with Crippen LogP contribution in [0.1, 0.15) is 32.3 Å². The Kier molecular flexibility index (Phi) is 3.50. The Morgan fingerprint density at radius 3 is 2.61 bits per heavy atom. The minimum atomic E-state index is -0.649. The molecule has 0 bridgehead atoms. The average Bonchev–Trinajstić information content (AvgIpc) is 2.33. The quantitative estimate of drug-likeness (QED) is 0.801. The van der Waals surface area contributed by atoms with E-state index in [0.29, 0.717) is 19.4 Å². The fourth-order valence-electron chi connectivity index (χ4n) is 2.44. The Bertz CT molecular complexity index is 451. The molecule has 96 valence electrons. The van der Waals surface area contributed by atoms with Gasteiger partial charge in [0.15, 0.2) is 5.78 Å². The molecule has 1 amide bonds. The fourth-order valence-corrected chi connectivity index (χ4v) is 2.44. The molecular formula is C15H19NO2. The summed E-state index contributed by atoms with van der Waals surface area (Å²) in [5, 5.41) is 0. The molecule has 3 heteroatoms. The van der Waals surface area contributed by atoms with Gasteiger partial charge in [-0.15, -0.1) is 0 Å². The lowest BCUT2D eigenvalue weighted by Crippen LogP contribution is -2.56. The predicted octanol–water partition coefficient (Wildman–Crippen LogP) is 2.20. The zero-order chi connectivity index (χ0) is 13.2. The molecule has 0 aliphatic carbocycles. The number of nitrogens with zero attached hydrogens (tertiary/aromatic N) is 1. The summed E-state index contributed by atoms with van der Waals surface area (Å²) >= 11 is 0. The van der Waals surface area contributed by atoms with Crippen LogP contribution in [0.3, 0.4) is 0 Å². The van der Waals surface area contributed by atoms with Crippen LogP contribution in [0.5, 0.6) is 0 Å². The lowest BCUT2D eigenvalue weighted by molar-refractivity contribution is -0.147. The van der Waals surface area contributed by atoms with Gasteiger partial charge in [-0.2, -0.15) is 0 Å². The van der Waals surface area contributed by atoms with Crippen molar-refractivity contribution in [3.8, 4) is 0 Å². The number of Topliss-reactive ketones (excluding diaryl/α,β-unsaturated/α-hetero) is 1. The minimum absolute atomic E-state index is 0.0410. The van der Waals surface area contributed by atoms with Crippen molar-refractivity contribution in [1.82, 2.24) is 4.90 Å². The summed E-state index contributed by atoms with van der Waals surface area (Å²) in [6.07, 6.45) is 1.74. The number of hydrogen-bond acceptors (Lipinski definition) is 2. The van der Waals surface area contributed by atoms with Gasteiger partial charge in [0, 0.05) is 13.0 Å². The summed E-state index contributed by atoms with van der Waals surface area (Å²) in [5.74, 6) is 0.203. The average molecular weight is 245 g/mol. The number of piperidine rings is 1. The highest BCUT2D eigenvalue weighted by molar-refractivity contribution is 5.93. The molecule has 0 radical (unpaired) electrons. The Balaban J connectivity index is 2.11. The zero-order valence-corrected chi connectivity index (χ0v) is 11.0. The molecule has 1 saturated heterocycles. The van der Waals surface area contributed by atoms with Gasteiger partial charge in [-0.1, -0.05) is 30.3 Å². The first-order chi connectivity index (χ1) is 8.51. The maximum atomic E-state index is 12.3. The van der Waals surface area contributed by atoms with Gasteiger partial charge in [0.2, 0.25) is 5.91 Å². The second-order valence-corrected chi connectivity index (χ2v) is 5.29. The summed E-state index contributed by atoms with van der Waals surface area (Å²) in [6, 6.07) is 9.67. The molecule has 1 aliphatic rings. The molecule has 0 spiro atoms. The van der Waals surface area contributed by atoms with E-state index >= 15 is 0 Å². The van der Waals surface area contributed by atoms with Crippen LogP contribution in [0.25, 0.3) is 0 Å². The maximum Gasteiger partial charge on any atom is 0.227 e. The Morgan fingerprint density at radius 2 is 1.94 bits per heavy atom. The molecule has 1 heterocycles. The molecule has 1 aliphatic heterocycles. The number of amides is 1. The lowest BCUT2D eigenvalue weighted by atomic mass is 9.88. The molecule has 3 nitrogen and oxygen atoms in total. The van der Waals surface area contributed by atoms with Gasteiger partial charge in [-0.25, -0.2) is 0 Å². The molecule has 1 aromatic rings. The van der Waals surface area contributed by atoms with Crippen molar-refractivity contribution in [3.05, 3.63) is 35.9 Å². The topological polar surface area (TPSA) is 37.4 Å². The summed E-state index contributed by atoms with van der Waals surface area (Å²) in [6.45, 7) is 4.37. The van der Waals surface area contributed by atoms with Gasteiger partial charge < -0.3 is 4.90 Å². The van der Waals surface area contributed by atoms with Crippen LogP contribution < -0.4 is 0 Å². The normalized spacial score (nSPS) is 18.8. The van der Waals surface area contributed by atoms with Gasteiger partial charge >= 0.3 is 0 Å². The Labute approximate surface area is 108 Å². The zero-order valence-electron chi connectivity index (χ0n) is 11.0. The van der Waals surface area contributed by atoms with E-state index in [0.717, 1.165) is 12.0 Å². The van der Waals surface area contributed by atoms with Crippen molar-refractivity contribution in [1.29, 1.82) is 0 Å². The number of carbonyl (C=O) groups is 2. The lowest BCUT2D eigenvalue weighted by Gasteiger charge is -2.41. The van der Waals surface area contributed by atoms with Crippen LogP contribution in [0.15, 0.2) is 30.3 Å². The van der Waals surface area contributed by atoms with Gasteiger partial charge in [-0.05, 0) is 25.8 Å². The molecule has 18 heavy (non-hydrogen) atoms. The maximum absolute atomic E-state index is 12.3. The summed E-state index contributed by atoms with van der Waals surface area (Å²) in [4.78, 5) is 25.9. The number of likely N-dealkylation sites (tertiary alicyclic amines) is 1. The van der Waals surface area contributed by atoms with Gasteiger partial charge in [-0.3, -0.25) is 9.59 Å². The van der Waals surface area contributed by atoms with Crippen molar-refractivity contribution in [2.75, 3.05) is 6.54 Å². The molecule has 1 aromatic carbocycles. The van der Waals surface area contributed by atoms with Crippen molar-refractivity contribution in [3.63, 3.8) is 0 Å². The second kappa shape index (κ2) is 4.92. The third kappa shape index (κ3) is 2.45. The van der Waals surface area contributed by atoms with Crippen LogP contribution in [-0.4, -0.2) is 28.7 Å². The molecule has 0 atom stereocenters. The highest BCUT2D eigenvalue weighted by Crippen LogP contribution is 2.25. The summed E-state index contributed by atoms with van der Waals surface area (Å²) in [7, 11) is 0. The molecule has 0 saturated carbocycles. The van der Waals surface area contributed by atoms with Gasteiger partial charge in [0.05, 0.1) is 12.0 Å². The molecule has 0 aromatic heterocycles. The molecule has 0 N–H and O–H groups in total. The van der Waals surface area contributed by atoms with Gasteiger partial charge in [0.1, 0.15) is 0 Å². The highest BCUT2D eigenvalue weighted by Gasteiger charge is 2.39. The third-order valence-electron chi connectivity index (χ3n) is 3.64. The summed E-state index contributed by atoms with van der Waals surface area (Å²) in [5.41, 5.74) is 0.348. The number of ketones is 1. The van der Waals surface area contributed by atoms with Crippen LogP contribution in [0, 0.1) is 0 Å². The van der Waals surface area contributed by atoms with Crippen LogP contribution in [0.2, 0.25) is 0 Å². The molecule has 1 fully saturated rings. The van der Waals surface area contributed by atoms with E-state index in [1.54, 1.807) is 4.90 Å². The Morgan fingerprint density at radius 1 is 1.28 bits per heavy atom. The molecular weight excluding hydrogens is 226 g/mol. The van der Waals surface area contributed by atoms with Crippen molar-refractivity contribution in [2.45, 2.75) is 38.6 Å². The largest absolute Gasteiger partial charge is 0.330 e. The highest BCUT2D eigenvalue weighted by atomic mass is 16.2. The Hall–Kier alpha value is -1.64. The van der Waals surface area contributed by atoms with Crippen molar-refractivity contribution in [2.24, 2.45) is 0 Å². The van der Waals surface area contributed by atoms with E-state index in [2.05, 4.69) is 0 Å². The second-order valence-electron chi connectivity index (χ2n) is 5.29. The number of benzene rings is 1. The smallest absolute Gasteiger partial charge is 0.227 e. The predicted molar refractivity (Wildman–Crippen MR) is 70.2 cm³/mol. The standard InChI is InChI=1S/C15H19NO2/c1-15(2)13(17)9-6-10-16(15)14(18)11-12-7-4-3-5-8-12/h3-5,7-8H,6,9-11H2,1-2H3. The van der Waals surface area contributed by atoms with Gasteiger partial charge in [0.25, 0.3) is 0 Å². The van der Waals surface area contributed by atoms with Crippen LogP contribution in [-0.2, 0) is 16.0 Å². The van der Waals surface area contributed by atoms with Crippen LogP contribution >= 0.6 is 0 Å². The monoisotopic (exact) mass is 245 g/mol.